The molecular formula is C22H25NO3. The standard InChI is InChI=1S/C22H25NO3/c1-26-22(25)20-14-19(12-13-21(20)24)23(15-17-8-4-2-5-9-17)16-18-10-6-3-7-11-18/h2-11,19,24H,12-16H2,1H3. The first-order chi connectivity index (χ1) is 12.7. The van der Waals surface area contributed by atoms with Crippen LogP contribution in [0.3, 0.4) is 0 Å². The molecule has 0 aliphatic heterocycles. The van der Waals surface area contributed by atoms with Crippen molar-refractivity contribution in [3.8, 4) is 0 Å². The Bertz CT molecular complexity index is 714. The molecule has 1 atom stereocenters. The molecule has 136 valence electrons. The Morgan fingerprint density at radius 1 is 1.04 bits per heavy atom. The zero-order chi connectivity index (χ0) is 18.4. The Labute approximate surface area is 154 Å². The number of hydrogen-bond acceptors (Lipinski definition) is 4. The second-order valence-corrected chi connectivity index (χ2v) is 6.69. The lowest BCUT2D eigenvalue weighted by atomic mass is 9.91. The molecule has 3 rings (SSSR count). The van der Waals surface area contributed by atoms with Crippen LogP contribution in [0.15, 0.2) is 72.0 Å². The fraction of sp³-hybridized carbons (Fsp3) is 0.318. The van der Waals surface area contributed by atoms with E-state index >= 15 is 0 Å². The maximum absolute atomic E-state index is 12.0. The SMILES string of the molecule is COC(=O)C1=C(O)CCC(N(Cc2ccccc2)Cc2ccccc2)C1. The zero-order valence-corrected chi connectivity index (χ0v) is 15.1. The number of aliphatic hydroxyl groups excluding tert-OH is 1. The van der Waals surface area contributed by atoms with E-state index in [1.807, 2.05) is 36.4 Å². The average molecular weight is 351 g/mol. The zero-order valence-electron chi connectivity index (χ0n) is 15.1. The number of nitrogens with zero attached hydrogens (tertiary/aromatic N) is 1. The largest absolute Gasteiger partial charge is 0.512 e. The molecule has 1 aliphatic carbocycles. The fourth-order valence-electron chi connectivity index (χ4n) is 3.50. The first-order valence-electron chi connectivity index (χ1n) is 8.98. The van der Waals surface area contributed by atoms with E-state index in [2.05, 4.69) is 29.2 Å². The lowest BCUT2D eigenvalue weighted by Crippen LogP contribution is -2.37. The summed E-state index contributed by atoms with van der Waals surface area (Å²) in [7, 11) is 1.36. The van der Waals surface area contributed by atoms with Crippen LogP contribution in [0.5, 0.6) is 0 Å². The van der Waals surface area contributed by atoms with E-state index < -0.39 is 5.97 Å². The second-order valence-electron chi connectivity index (χ2n) is 6.69. The van der Waals surface area contributed by atoms with E-state index in [9.17, 15) is 9.90 Å². The van der Waals surface area contributed by atoms with Gasteiger partial charge in [-0.05, 0) is 24.0 Å². The number of esters is 1. The van der Waals surface area contributed by atoms with E-state index in [1.54, 1.807) is 0 Å². The number of ether oxygens (including phenoxy) is 1. The quantitative estimate of drug-likeness (QED) is 0.792. The minimum Gasteiger partial charge on any atom is -0.512 e. The molecule has 0 saturated heterocycles. The maximum Gasteiger partial charge on any atom is 0.337 e. The summed E-state index contributed by atoms with van der Waals surface area (Å²) in [5.74, 6) is -0.251. The highest BCUT2D eigenvalue weighted by atomic mass is 16.5. The van der Waals surface area contributed by atoms with Gasteiger partial charge in [0.25, 0.3) is 0 Å². The van der Waals surface area contributed by atoms with Crippen molar-refractivity contribution in [2.45, 2.75) is 38.4 Å². The van der Waals surface area contributed by atoms with Gasteiger partial charge in [0.2, 0.25) is 0 Å². The molecule has 0 spiro atoms. The van der Waals surface area contributed by atoms with Gasteiger partial charge in [0, 0.05) is 25.6 Å². The molecule has 0 saturated carbocycles. The molecular weight excluding hydrogens is 326 g/mol. The van der Waals surface area contributed by atoms with Crippen LogP contribution in [0.2, 0.25) is 0 Å². The molecule has 1 unspecified atom stereocenters. The monoisotopic (exact) mass is 351 g/mol. The van der Waals surface area contributed by atoms with Crippen molar-refractivity contribution in [1.29, 1.82) is 0 Å². The van der Waals surface area contributed by atoms with E-state index in [0.29, 0.717) is 18.4 Å². The van der Waals surface area contributed by atoms with Gasteiger partial charge in [-0.3, -0.25) is 4.90 Å². The lowest BCUT2D eigenvalue weighted by Gasteiger charge is -2.35. The molecule has 4 heteroatoms. The molecule has 0 radical (unpaired) electrons. The van der Waals surface area contributed by atoms with Gasteiger partial charge >= 0.3 is 5.97 Å². The number of aliphatic hydroxyl groups is 1. The van der Waals surface area contributed by atoms with Gasteiger partial charge in [0.1, 0.15) is 5.76 Å². The van der Waals surface area contributed by atoms with Crippen LogP contribution in [0.25, 0.3) is 0 Å². The summed E-state index contributed by atoms with van der Waals surface area (Å²) in [5, 5.41) is 10.1. The third kappa shape index (κ3) is 4.52. The lowest BCUT2D eigenvalue weighted by molar-refractivity contribution is -0.136. The predicted octanol–water partition coefficient (Wildman–Crippen LogP) is 4.23. The Hall–Kier alpha value is -2.59. The highest BCUT2D eigenvalue weighted by Crippen LogP contribution is 2.29. The van der Waals surface area contributed by atoms with Crippen LogP contribution in [0.1, 0.15) is 30.4 Å². The number of hydrogen-bond donors (Lipinski definition) is 1. The summed E-state index contributed by atoms with van der Waals surface area (Å²) in [4.78, 5) is 14.4. The van der Waals surface area contributed by atoms with E-state index in [-0.39, 0.29) is 11.8 Å². The average Bonchev–Trinajstić information content (AvgIpc) is 2.69. The van der Waals surface area contributed by atoms with Crippen molar-refractivity contribution in [2.75, 3.05) is 7.11 Å². The smallest absolute Gasteiger partial charge is 0.337 e. The third-order valence-electron chi connectivity index (χ3n) is 4.91. The first-order valence-corrected chi connectivity index (χ1v) is 8.98. The Balaban J connectivity index is 1.82. The van der Waals surface area contributed by atoms with Crippen LogP contribution >= 0.6 is 0 Å². The molecule has 0 bridgehead atoms. The number of carbonyl (C=O) groups is 1. The van der Waals surface area contributed by atoms with Gasteiger partial charge in [0.15, 0.2) is 0 Å². The topological polar surface area (TPSA) is 49.8 Å². The van der Waals surface area contributed by atoms with Crippen LogP contribution < -0.4 is 0 Å². The Morgan fingerprint density at radius 2 is 1.58 bits per heavy atom. The number of methoxy groups -OCH3 is 1. The third-order valence-corrected chi connectivity index (χ3v) is 4.91. The number of rotatable bonds is 6. The number of benzene rings is 2. The number of carbonyl (C=O) groups excluding carboxylic acids is 1. The van der Waals surface area contributed by atoms with Gasteiger partial charge in [-0.15, -0.1) is 0 Å². The molecule has 2 aromatic rings. The highest BCUT2D eigenvalue weighted by molar-refractivity contribution is 5.89. The van der Waals surface area contributed by atoms with Crippen molar-refractivity contribution < 1.29 is 14.6 Å². The van der Waals surface area contributed by atoms with Gasteiger partial charge in [-0.25, -0.2) is 4.79 Å². The predicted molar refractivity (Wildman–Crippen MR) is 101 cm³/mol. The molecule has 0 aromatic heterocycles. The highest BCUT2D eigenvalue weighted by Gasteiger charge is 2.30. The van der Waals surface area contributed by atoms with Crippen molar-refractivity contribution in [3.63, 3.8) is 0 Å². The summed E-state index contributed by atoms with van der Waals surface area (Å²) in [5.41, 5.74) is 2.89. The van der Waals surface area contributed by atoms with Crippen molar-refractivity contribution in [2.24, 2.45) is 0 Å². The molecule has 0 amide bonds. The van der Waals surface area contributed by atoms with Gasteiger partial charge < -0.3 is 9.84 Å². The van der Waals surface area contributed by atoms with Crippen molar-refractivity contribution in [1.82, 2.24) is 4.90 Å². The van der Waals surface area contributed by atoms with Crippen molar-refractivity contribution >= 4 is 5.97 Å². The minimum atomic E-state index is -0.424. The Kier molecular flexibility index (Phi) is 6.08. The molecule has 1 N–H and O–H groups in total. The van der Waals surface area contributed by atoms with Gasteiger partial charge in [-0.2, -0.15) is 0 Å². The summed E-state index contributed by atoms with van der Waals surface area (Å²) < 4.78 is 4.85. The first kappa shape index (κ1) is 18.2. The summed E-state index contributed by atoms with van der Waals surface area (Å²) in [6.45, 7) is 1.60. The van der Waals surface area contributed by atoms with E-state index in [1.165, 1.54) is 18.2 Å². The summed E-state index contributed by atoms with van der Waals surface area (Å²) >= 11 is 0. The van der Waals surface area contributed by atoms with Crippen molar-refractivity contribution in [3.05, 3.63) is 83.1 Å². The molecule has 1 aliphatic rings. The van der Waals surface area contributed by atoms with Crippen LogP contribution in [-0.2, 0) is 22.6 Å². The van der Waals surface area contributed by atoms with E-state index in [4.69, 9.17) is 4.74 Å². The maximum atomic E-state index is 12.0. The van der Waals surface area contributed by atoms with Gasteiger partial charge in [-0.1, -0.05) is 60.7 Å². The second kappa shape index (κ2) is 8.68. The summed E-state index contributed by atoms with van der Waals surface area (Å²) in [6.07, 6.45) is 1.85. The van der Waals surface area contributed by atoms with Gasteiger partial charge in [0.05, 0.1) is 12.7 Å². The molecule has 26 heavy (non-hydrogen) atoms. The molecule has 2 aromatic carbocycles. The Morgan fingerprint density at radius 3 is 2.08 bits per heavy atom. The van der Waals surface area contributed by atoms with Crippen LogP contribution in [0, 0.1) is 0 Å². The fourth-order valence-corrected chi connectivity index (χ4v) is 3.50. The van der Waals surface area contributed by atoms with E-state index in [0.717, 1.165) is 19.5 Å². The number of allylic oxidation sites excluding steroid dienone is 1. The van der Waals surface area contributed by atoms with Crippen LogP contribution in [0.4, 0.5) is 0 Å². The molecule has 4 nitrogen and oxygen atoms in total. The molecule has 0 heterocycles. The molecule has 0 fully saturated rings. The normalized spacial score (nSPS) is 17.4. The summed E-state index contributed by atoms with van der Waals surface area (Å²) in [6, 6.07) is 20.9. The minimum absolute atomic E-state index is 0.174. The van der Waals surface area contributed by atoms with Crippen LogP contribution in [-0.4, -0.2) is 29.1 Å².